The average molecular weight is 321 g/mol. The van der Waals surface area contributed by atoms with Crippen molar-refractivity contribution in [1.82, 2.24) is 24.9 Å². The van der Waals surface area contributed by atoms with Crippen molar-refractivity contribution in [3.8, 4) is 0 Å². The van der Waals surface area contributed by atoms with Gasteiger partial charge in [-0.1, -0.05) is 0 Å². The van der Waals surface area contributed by atoms with Crippen molar-refractivity contribution < 1.29 is 9.72 Å². The Hall–Kier alpha value is -2.91. The Labute approximate surface area is 132 Å². The smallest absolute Gasteiger partial charge is 0.309 e. The Morgan fingerprint density at radius 3 is 2.87 bits per heavy atom. The second-order valence-corrected chi connectivity index (χ2v) is 4.99. The van der Waals surface area contributed by atoms with Crippen LogP contribution in [-0.4, -0.2) is 36.9 Å². The molecule has 23 heavy (non-hydrogen) atoms. The van der Waals surface area contributed by atoms with Gasteiger partial charge in [-0.15, -0.1) is 0 Å². The number of nitrogens with one attached hydrogen (secondary N) is 1. The number of anilines is 1. The Bertz CT molecular complexity index is 719. The minimum absolute atomic E-state index is 0.00587. The van der Waals surface area contributed by atoms with E-state index in [1.54, 1.807) is 6.92 Å². The number of nitro groups is 1. The van der Waals surface area contributed by atoms with Crippen LogP contribution in [0, 0.1) is 17.0 Å². The van der Waals surface area contributed by atoms with Gasteiger partial charge in [0.1, 0.15) is 17.6 Å². The van der Waals surface area contributed by atoms with Gasteiger partial charge >= 0.3 is 5.69 Å². The van der Waals surface area contributed by atoms with Gasteiger partial charge < -0.3 is 11.1 Å². The zero-order valence-corrected chi connectivity index (χ0v) is 13.0. The fourth-order valence-corrected chi connectivity index (χ4v) is 2.22. The standard InChI is InChI=1S/C13H19N7O3/c1-3-19-12(10(14)7-16-19)13(21)15-5-4-6-18-8-11(20(22)23)9(2)17-18/h7-8H,3-6,14H2,1-2H3,(H,15,21). The summed E-state index contributed by atoms with van der Waals surface area (Å²) < 4.78 is 3.04. The molecule has 0 aliphatic carbocycles. The van der Waals surface area contributed by atoms with Crippen molar-refractivity contribution in [3.63, 3.8) is 0 Å². The molecule has 0 aromatic carbocycles. The van der Waals surface area contributed by atoms with Gasteiger partial charge in [-0.25, -0.2) is 0 Å². The van der Waals surface area contributed by atoms with E-state index in [4.69, 9.17) is 5.73 Å². The van der Waals surface area contributed by atoms with Gasteiger partial charge in [0.05, 0.1) is 16.8 Å². The molecule has 10 nitrogen and oxygen atoms in total. The summed E-state index contributed by atoms with van der Waals surface area (Å²) in [5.74, 6) is -0.288. The van der Waals surface area contributed by atoms with E-state index in [0.29, 0.717) is 43.1 Å². The summed E-state index contributed by atoms with van der Waals surface area (Å²) in [6.45, 7) is 4.88. The Balaban J connectivity index is 1.86. The van der Waals surface area contributed by atoms with E-state index in [9.17, 15) is 14.9 Å². The van der Waals surface area contributed by atoms with Crippen molar-refractivity contribution in [2.75, 3.05) is 12.3 Å². The number of hydrogen-bond donors (Lipinski definition) is 2. The number of hydrogen-bond acceptors (Lipinski definition) is 6. The van der Waals surface area contributed by atoms with Gasteiger partial charge in [-0.2, -0.15) is 10.2 Å². The molecule has 0 radical (unpaired) electrons. The van der Waals surface area contributed by atoms with Gasteiger partial charge in [0.25, 0.3) is 5.91 Å². The summed E-state index contributed by atoms with van der Waals surface area (Å²) >= 11 is 0. The zero-order chi connectivity index (χ0) is 17.0. The first kappa shape index (κ1) is 16.5. The van der Waals surface area contributed by atoms with Crippen LogP contribution in [0.25, 0.3) is 0 Å². The molecule has 3 N–H and O–H groups in total. The molecule has 0 saturated heterocycles. The van der Waals surface area contributed by atoms with Gasteiger partial charge in [0, 0.05) is 19.6 Å². The molecule has 0 fully saturated rings. The van der Waals surface area contributed by atoms with Gasteiger partial charge in [0.15, 0.2) is 0 Å². The summed E-state index contributed by atoms with van der Waals surface area (Å²) in [7, 11) is 0. The lowest BCUT2D eigenvalue weighted by atomic mass is 10.3. The third-order valence-corrected chi connectivity index (χ3v) is 3.35. The highest BCUT2D eigenvalue weighted by molar-refractivity contribution is 5.97. The van der Waals surface area contributed by atoms with Crippen LogP contribution < -0.4 is 11.1 Å². The van der Waals surface area contributed by atoms with Crippen LogP contribution >= 0.6 is 0 Å². The normalized spacial score (nSPS) is 10.7. The van der Waals surface area contributed by atoms with Crippen LogP contribution in [0.1, 0.15) is 29.5 Å². The van der Waals surface area contributed by atoms with E-state index >= 15 is 0 Å². The molecule has 0 aliphatic heterocycles. The van der Waals surface area contributed by atoms with Crippen molar-refractivity contribution in [2.24, 2.45) is 0 Å². The minimum Gasteiger partial charge on any atom is -0.396 e. The number of carbonyl (C=O) groups excluding carboxylic acids is 1. The topological polar surface area (TPSA) is 134 Å². The number of carbonyl (C=O) groups is 1. The minimum atomic E-state index is -0.463. The number of nitrogens with two attached hydrogens (primary N) is 1. The van der Waals surface area contributed by atoms with E-state index in [-0.39, 0.29) is 11.6 Å². The van der Waals surface area contributed by atoms with Gasteiger partial charge in [-0.3, -0.25) is 24.3 Å². The van der Waals surface area contributed by atoms with E-state index in [1.807, 2.05) is 6.92 Å². The summed E-state index contributed by atoms with van der Waals surface area (Å²) in [6.07, 6.45) is 3.43. The molecule has 0 atom stereocenters. The highest BCUT2D eigenvalue weighted by atomic mass is 16.6. The average Bonchev–Trinajstić information content (AvgIpc) is 3.06. The van der Waals surface area contributed by atoms with Gasteiger partial charge in [-0.05, 0) is 20.3 Å². The van der Waals surface area contributed by atoms with E-state index in [0.717, 1.165) is 0 Å². The molecule has 1 amide bonds. The highest BCUT2D eigenvalue weighted by Crippen LogP contribution is 2.15. The number of rotatable bonds is 7. The number of aromatic nitrogens is 4. The largest absolute Gasteiger partial charge is 0.396 e. The van der Waals surface area contributed by atoms with Crippen LogP contribution in [-0.2, 0) is 13.1 Å². The van der Waals surface area contributed by atoms with Gasteiger partial charge in [0.2, 0.25) is 0 Å². The third-order valence-electron chi connectivity index (χ3n) is 3.35. The number of nitrogen functional groups attached to an aromatic ring is 1. The molecule has 0 bridgehead atoms. The fourth-order valence-electron chi connectivity index (χ4n) is 2.22. The predicted octanol–water partition coefficient (Wildman–Crippen LogP) is 0.718. The molecule has 0 saturated carbocycles. The number of nitrogens with zero attached hydrogens (tertiary/aromatic N) is 5. The molecular formula is C13H19N7O3. The lowest BCUT2D eigenvalue weighted by Gasteiger charge is -2.07. The summed E-state index contributed by atoms with van der Waals surface area (Å²) in [4.78, 5) is 22.4. The molecule has 0 aliphatic rings. The van der Waals surface area contributed by atoms with Crippen molar-refractivity contribution in [3.05, 3.63) is 33.9 Å². The summed E-state index contributed by atoms with van der Waals surface area (Å²) in [5.41, 5.74) is 6.79. The van der Waals surface area contributed by atoms with E-state index in [1.165, 1.54) is 21.8 Å². The fraction of sp³-hybridized carbons (Fsp3) is 0.462. The lowest BCUT2D eigenvalue weighted by molar-refractivity contribution is -0.385. The second kappa shape index (κ2) is 6.90. The molecule has 0 spiro atoms. The quantitative estimate of drug-likeness (QED) is 0.438. The SMILES string of the molecule is CCn1ncc(N)c1C(=O)NCCCn1cc([N+](=O)[O-])c(C)n1. The van der Waals surface area contributed by atoms with E-state index < -0.39 is 4.92 Å². The van der Waals surface area contributed by atoms with Crippen LogP contribution in [0.15, 0.2) is 12.4 Å². The van der Waals surface area contributed by atoms with Crippen LogP contribution in [0.3, 0.4) is 0 Å². The van der Waals surface area contributed by atoms with Crippen molar-refractivity contribution in [1.29, 1.82) is 0 Å². The Morgan fingerprint density at radius 2 is 2.26 bits per heavy atom. The Kier molecular flexibility index (Phi) is 4.94. The first-order chi connectivity index (χ1) is 10.9. The maximum atomic E-state index is 12.1. The molecule has 0 unspecified atom stereocenters. The number of aryl methyl sites for hydroxylation is 3. The molecule has 2 heterocycles. The van der Waals surface area contributed by atoms with E-state index in [2.05, 4.69) is 15.5 Å². The van der Waals surface area contributed by atoms with Crippen molar-refractivity contribution >= 4 is 17.3 Å². The maximum Gasteiger partial charge on any atom is 0.309 e. The van der Waals surface area contributed by atoms with Crippen LogP contribution in [0.4, 0.5) is 11.4 Å². The number of amides is 1. The molecule has 2 aromatic rings. The highest BCUT2D eigenvalue weighted by Gasteiger charge is 2.16. The molecule has 2 aromatic heterocycles. The zero-order valence-electron chi connectivity index (χ0n) is 13.0. The first-order valence-corrected chi connectivity index (χ1v) is 7.22. The third kappa shape index (κ3) is 3.65. The summed E-state index contributed by atoms with van der Waals surface area (Å²) in [5, 5.41) is 21.6. The molecular weight excluding hydrogens is 302 g/mol. The maximum absolute atomic E-state index is 12.1. The van der Waals surface area contributed by atoms with Crippen LogP contribution in [0.5, 0.6) is 0 Å². The summed E-state index contributed by atoms with van der Waals surface area (Å²) in [6, 6.07) is 0. The second-order valence-electron chi connectivity index (χ2n) is 4.99. The predicted molar refractivity (Wildman–Crippen MR) is 82.9 cm³/mol. The molecule has 2 rings (SSSR count). The van der Waals surface area contributed by atoms with Crippen molar-refractivity contribution in [2.45, 2.75) is 33.4 Å². The first-order valence-electron chi connectivity index (χ1n) is 7.22. The Morgan fingerprint density at radius 1 is 1.52 bits per heavy atom. The monoisotopic (exact) mass is 321 g/mol. The van der Waals surface area contributed by atoms with Crippen LogP contribution in [0.2, 0.25) is 0 Å². The molecule has 124 valence electrons. The molecule has 10 heteroatoms. The lowest BCUT2D eigenvalue weighted by Crippen LogP contribution is -2.28.